The first kappa shape index (κ1) is 20.6. The standard InChI is InChI=1S/C29H26N2O4/c32-27(30-21-4-3-5-21)19-10-8-18(9-11-19)16-31-17-29(22-6-1-2-7-24(22)31)23-14-20-12-13-34-25(20)15-26(23)35-28(29)33/h1-2,6-11,14-15,21H,3-5,12-13,16-17H2,(H,30,32). The molecule has 0 radical (unpaired) electrons. The van der Waals surface area contributed by atoms with Gasteiger partial charge in [0.2, 0.25) is 0 Å². The summed E-state index contributed by atoms with van der Waals surface area (Å²) in [6.07, 6.45) is 4.18. The van der Waals surface area contributed by atoms with Crippen molar-refractivity contribution in [3.05, 3.63) is 88.5 Å². The second-order valence-electron chi connectivity index (χ2n) is 10.0. The Morgan fingerprint density at radius 2 is 1.86 bits per heavy atom. The lowest BCUT2D eigenvalue weighted by atomic mass is 9.76. The van der Waals surface area contributed by atoms with Crippen molar-refractivity contribution < 1.29 is 19.1 Å². The minimum Gasteiger partial charge on any atom is -0.493 e. The van der Waals surface area contributed by atoms with Crippen LogP contribution in [0.15, 0.2) is 60.7 Å². The minimum absolute atomic E-state index is 0.00598. The van der Waals surface area contributed by atoms with Crippen LogP contribution in [0.1, 0.15) is 51.9 Å². The Morgan fingerprint density at radius 3 is 2.66 bits per heavy atom. The van der Waals surface area contributed by atoms with E-state index < -0.39 is 5.41 Å². The highest BCUT2D eigenvalue weighted by Gasteiger charge is 2.56. The summed E-state index contributed by atoms with van der Waals surface area (Å²) in [6.45, 7) is 1.82. The van der Waals surface area contributed by atoms with Crippen LogP contribution in [-0.2, 0) is 23.2 Å². The molecule has 3 aliphatic heterocycles. The number of hydrogen-bond donors (Lipinski definition) is 1. The number of nitrogens with zero attached hydrogens (tertiary/aromatic N) is 1. The Labute approximate surface area is 203 Å². The molecule has 3 heterocycles. The van der Waals surface area contributed by atoms with E-state index in [0.29, 0.717) is 37.1 Å². The van der Waals surface area contributed by atoms with E-state index >= 15 is 0 Å². The van der Waals surface area contributed by atoms with Gasteiger partial charge >= 0.3 is 5.97 Å². The van der Waals surface area contributed by atoms with Crippen LogP contribution >= 0.6 is 0 Å². The van der Waals surface area contributed by atoms with E-state index in [4.69, 9.17) is 9.47 Å². The first-order chi connectivity index (χ1) is 17.1. The number of benzene rings is 3. The van der Waals surface area contributed by atoms with E-state index in [0.717, 1.165) is 53.0 Å². The third-order valence-electron chi connectivity index (χ3n) is 7.97. The molecule has 3 aromatic rings. The fourth-order valence-corrected chi connectivity index (χ4v) is 5.84. The number of anilines is 1. The summed E-state index contributed by atoms with van der Waals surface area (Å²) in [6, 6.07) is 20.2. The van der Waals surface area contributed by atoms with Crippen molar-refractivity contribution in [2.24, 2.45) is 0 Å². The third-order valence-corrected chi connectivity index (χ3v) is 7.97. The van der Waals surface area contributed by atoms with E-state index in [2.05, 4.69) is 22.3 Å². The molecule has 0 bridgehead atoms. The average molecular weight is 467 g/mol. The molecule has 3 aromatic carbocycles. The molecule has 1 fully saturated rings. The van der Waals surface area contributed by atoms with Gasteiger partial charge in [-0.1, -0.05) is 30.3 Å². The average Bonchev–Trinajstić information content (AvgIpc) is 3.51. The molecule has 0 saturated heterocycles. The number of carbonyl (C=O) groups is 2. The molecule has 6 nitrogen and oxygen atoms in total. The smallest absolute Gasteiger partial charge is 0.328 e. The Bertz CT molecular complexity index is 1360. The number of amides is 1. The Morgan fingerprint density at radius 1 is 1.03 bits per heavy atom. The third kappa shape index (κ3) is 3.09. The maximum absolute atomic E-state index is 13.4. The van der Waals surface area contributed by atoms with Gasteiger partial charge in [-0.15, -0.1) is 0 Å². The Kier molecular flexibility index (Phi) is 4.47. The molecular weight excluding hydrogens is 440 g/mol. The molecule has 1 atom stereocenters. The Balaban J connectivity index is 1.19. The van der Waals surface area contributed by atoms with Gasteiger partial charge in [0.25, 0.3) is 5.91 Å². The largest absolute Gasteiger partial charge is 0.493 e. The fraction of sp³-hybridized carbons (Fsp3) is 0.310. The van der Waals surface area contributed by atoms with Gasteiger partial charge in [-0.3, -0.25) is 9.59 Å². The molecule has 1 saturated carbocycles. The summed E-state index contributed by atoms with van der Waals surface area (Å²) in [5.74, 6) is 1.19. The predicted octanol–water partition coefficient (Wildman–Crippen LogP) is 4.13. The number of rotatable bonds is 4. The van der Waals surface area contributed by atoms with Gasteiger partial charge in [0.1, 0.15) is 16.9 Å². The van der Waals surface area contributed by atoms with Crippen molar-refractivity contribution in [1.29, 1.82) is 0 Å². The van der Waals surface area contributed by atoms with Crippen molar-refractivity contribution in [3.8, 4) is 11.5 Å². The molecule has 1 spiro atoms. The highest BCUT2D eigenvalue weighted by molar-refractivity contribution is 5.99. The summed E-state index contributed by atoms with van der Waals surface area (Å²) in [7, 11) is 0. The van der Waals surface area contributed by atoms with Gasteiger partial charge in [-0.05, 0) is 60.2 Å². The lowest BCUT2D eigenvalue weighted by Crippen LogP contribution is -2.40. The van der Waals surface area contributed by atoms with E-state index in [1.807, 2.05) is 48.5 Å². The SMILES string of the molecule is O=C(NC1CCC1)c1ccc(CN2CC3(C(=O)Oc4cc5c(cc43)CCO5)c3ccccc32)cc1. The van der Waals surface area contributed by atoms with Crippen molar-refractivity contribution in [2.45, 2.75) is 43.7 Å². The summed E-state index contributed by atoms with van der Waals surface area (Å²) in [4.78, 5) is 28.2. The van der Waals surface area contributed by atoms with Crippen LogP contribution in [0.4, 0.5) is 5.69 Å². The van der Waals surface area contributed by atoms with Gasteiger partial charge < -0.3 is 19.7 Å². The van der Waals surface area contributed by atoms with Crippen molar-refractivity contribution >= 4 is 17.6 Å². The molecule has 1 amide bonds. The number of hydrogen-bond acceptors (Lipinski definition) is 5. The lowest BCUT2D eigenvalue weighted by Gasteiger charge is -2.26. The maximum atomic E-state index is 13.4. The quantitative estimate of drug-likeness (QED) is 0.463. The Hall–Kier alpha value is -3.80. The van der Waals surface area contributed by atoms with Crippen LogP contribution in [0.25, 0.3) is 0 Å². The summed E-state index contributed by atoms with van der Waals surface area (Å²) < 4.78 is 11.5. The summed E-state index contributed by atoms with van der Waals surface area (Å²) in [5, 5.41) is 3.09. The molecular formula is C29H26N2O4. The van der Waals surface area contributed by atoms with Crippen LogP contribution in [0.3, 0.4) is 0 Å². The molecule has 1 aliphatic carbocycles. The van der Waals surface area contributed by atoms with Crippen molar-refractivity contribution in [2.75, 3.05) is 18.1 Å². The van der Waals surface area contributed by atoms with Gasteiger partial charge in [0, 0.05) is 48.4 Å². The van der Waals surface area contributed by atoms with Crippen LogP contribution < -0.4 is 19.7 Å². The number of ether oxygens (including phenoxy) is 2. The topological polar surface area (TPSA) is 67.9 Å². The lowest BCUT2D eigenvalue weighted by molar-refractivity contribution is -0.136. The van der Waals surface area contributed by atoms with Gasteiger partial charge in [0.05, 0.1) is 6.61 Å². The highest BCUT2D eigenvalue weighted by Crippen LogP contribution is 2.54. The molecule has 1 N–H and O–H groups in total. The molecule has 1 unspecified atom stereocenters. The molecule has 35 heavy (non-hydrogen) atoms. The number of para-hydroxylation sites is 1. The van der Waals surface area contributed by atoms with Crippen molar-refractivity contribution in [3.63, 3.8) is 0 Å². The number of carbonyl (C=O) groups excluding carboxylic acids is 2. The van der Waals surface area contributed by atoms with Crippen LogP contribution in [0.5, 0.6) is 11.5 Å². The zero-order chi connectivity index (χ0) is 23.6. The second-order valence-corrected chi connectivity index (χ2v) is 10.0. The van der Waals surface area contributed by atoms with E-state index in [-0.39, 0.29) is 11.9 Å². The van der Waals surface area contributed by atoms with E-state index in [9.17, 15) is 9.59 Å². The monoisotopic (exact) mass is 466 g/mol. The number of esters is 1. The normalized spacial score (nSPS) is 21.7. The van der Waals surface area contributed by atoms with Gasteiger partial charge in [0.15, 0.2) is 0 Å². The predicted molar refractivity (Wildman–Crippen MR) is 131 cm³/mol. The van der Waals surface area contributed by atoms with E-state index in [1.165, 1.54) is 6.42 Å². The number of fused-ring (bicyclic) bond motifs is 5. The highest BCUT2D eigenvalue weighted by atomic mass is 16.5. The van der Waals surface area contributed by atoms with Crippen LogP contribution in [-0.4, -0.2) is 31.1 Å². The molecule has 176 valence electrons. The summed E-state index contributed by atoms with van der Waals surface area (Å²) >= 11 is 0. The van der Waals surface area contributed by atoms with Gasteiger partial charge in [-0.25, -0.2) is 0 Å². The van der Waals surface area contributed by atoms with Crippen molar-refractivity contribution in [1.82, 2.24) is 5.32 Å². The molecule has 6 heteroatoms. The first-order valence-electron chi connectivity index (χ1n) is 12.4. The zero-order valence-corrected chi connectivity index (χ0v) is 19.4. The van der Waals surface area contributed by atoms with Gasteiger partial charge in [-0.2, -0.15) is 0 Å². The zero-order valence-electron chi connectivity index (χ0n) is 19.4. The second kappa shape index (κ2) is 7.60. The minimum atomic E-state index is -0.841. The van der Waals surface area contributed by atoms with Crippen LogP contribution in [0.2, 0.25) is 0 Å². The van der Waals surface area contributed by atoms with Crippen LogP contribution in [0, 0.1) is 0 Å². The fourth-order valence-electron chi connectivity index (χ4n) is 5.84. The van der Waals surface area contributed by atoms with E-state index in [1.54, 1.807) is 0 Å². The molecule has 7 rings (SSSR count). The molecule has 4 aliphatic rings. The maximum Gasteiger partial charge on any atom is 0.328 e. The first-order valence-corrected chi connectivity index (χ1v) is 12.4. The number of nitrogens with one attached hydrogen (secondary N) is 1. The molecule has 0 aromatic heterocycles. The summed E-state index contributed by atoms with van der Waals surface area (Å²) in [5.41, 5.74) is 5.03.